The van der Waals surface area contributed by atoms with Crippen molar-refractivity contribution in [3.63, 3.8) is 0 Å². The Hall–Kier alpha value is -3.61. The molecule has 1 aliphatic rings. The van der Waals surface area contributed by atoms with Gasteiger partial charge >= 0.3 is 0 Å². The summed E-state index contributed by atoms with van der Waals surface area (Å²) in [5, 5.41) is 1.18. The summed E-state index contributed by atoms with van der Waals surface area (Å²) in [6.45, 7) is 5.03. The number of hydrogen-bond donors (Lipinski definition) is 1. The van der Waals surface area contributed by atoms with E-state index in [4.69, 9.17) is 4.74 Å². The van der Waals surface area contributed by atoms with Crippen LogP contribution in [0.3, 0.4) is 0 Å². The SMILES string of the molecule is CC(Oc1cccc2c(=O)[nH]ccc12)C(=O)N1CCN(C(=O)c2ccccc2)CC1C. The minimum atomic E-state index is -0.719. The Labute approximate surface area is 180 Å². The molecule has 2 aromatic carbocycles. The zero-order valence-corrected chi connectivity index (χ0v) is 17.6. The zero-order valence-electron chi connectivity index (χ0n) is 17.6. The third-order valence-corrected chi connectivity index (χ3v) is 5.65. The molecule has 7 nitrogen and oxygen atoms in total. The maximum atomic E-state index is 13.1. The van der Waals surface area contributed by atoms with Crippen molar-refractivity contribution in [1.82, 2.24) is 14.8 Å². The molecule has 1 saturated heterocycles. The Morgan fingerprint density at radius 2 is 1.81 bits per heavy atom. The second-order valence-corrected chi connectivity index (χ2v) is 7.78. The quantitative estimate of drug-likeness (QED) is 0.705. The van der Waals surface area contributed by atoms with Crippen LogP contribution < -0.4 is 10.3 Å². The van der Waals surface area contributed by atoms with E-state index in [9.17, 15) is 14.4 Å². The van der Waals surface area contributed by atoms with Gasteiger partial charge in [0.1, 0.15) is 5.75 Å². The van der Waals surface area contributed by atoms with Crippen molar-refractivity contribution in [3.8, 4) is 5.75 Å². The Morgan fingerprint density at radius 1 is 1.03 bits per heavy atom. The van der Waals surface area contributed by atoms with Crippen molar-refractivity contribution in [1.29, 1.82) is 0 Å². The fraction of sp³-hybridized carbons (Fsp3) is 0.292. The second-order valence-electron chi connectivity index (χ2n) is 7.78. The van der Waals surface area contributed by atoms with Crippen molar-refractivity contribution in [2.75, 3.05) is 19.6 Å². The van der Waals surface area contributed by atoms with Gasteiger partial charge in [0, 0.05) is 42.8 Å². The standard InChI is InChI=1S/C24H25N3O4/c1-16-15-26(24(30)18-7-4-3-5-8-18)13-14-27(16)23(29)17(2)31-21-10-6-9-20-19(21)11-12-25-22(20)28/h3-12,16-17H,13-15H2,1-2H3,(H,25,28). The van der Waals surface area contributed by atoms with E-state index in [1.807, 2.05) is 25.1 Å². The molecule has 1 aliphatic heterocycles. The molecule has 1 N–H and O–H groups in total. The number of amides is 2. The highest BCUT2D eigenvalue weighted by Crippen LogP contribution is 2.24. The van der Waals surface area contributed by atoms with Gasteiger partial charge in [-0.2, -0.15) is 0 Å². The number of H-pyrrole nitrogens is 1. The van der Waals surface area contributed by atoms with Crippen LogP contribution in [0.4, 0.5) is 0 Å². The fourth-order valence-corrected chi connectivity index (χ4v) is 4.00. The highest BCUT2D eigenvalue weighted by Gasteiger charge is 2.33. The number of nitrogens with one attached hydrogen (secondary N) is 1. The molecular formula is C24H25N3O4. The van der Waals surface area contributed by atoms with Gasteiger partial charge in [-0.1, -0.05) is 24.3 Å². The topological polar surface area (TPSA) is 82.7 Å². The Balaban J connectivity index is 1.44. The van der Waals surface area contributed by atoms with Crippen molar-refractivity contribution in [3.05, 3.63) is 76.7 Å². The lowest BCUT2D eigenvalue weighted by atomic mass is 10.1. The Kier molecular flexibility index (Phi) is 5.75. The molecule has 160 valence electrons. The predicted molar refractivity (Wildman–Crippen MR) is 118 cm³/mol. The normalized spacial score (nSPS) is 17.4. The number of piperazine rings is 1. The Morgan fingerprint density at radius 3 is 2.55 bits per heavy atom. The van der Waals surface area contributed by atoms with Gasteiger partial charge in [-0.05, 0) is 44.2 Å². The number of ether oxygens (including phenoxy) is 1. The number of fused-ring (bicyclic) bond motifs is 1. The molecule has 2 unspecified atom stereocenters. The van der Waals surface area contributed by atoms with Gasteiger partial charge in [0.25, 0.3) is 17.4 Å². The summed E-state index contributed by atoms with van der Waals surface area (Å²) in [5.41, 5.74) is 0.451. The number of hydrogen-bond acceptors (Lipinski definition) is 4. The van der Waals surface area contributed by atoms with E-state index in [0.717, 1.165) is 0 Å². The lowest BCUT2D eigenvalue weighted by molar-refractivity contribution is -0.142. The highest BCUT2D eigenvalue weighted by molar-refractivity contribution is 5.94. The van der Waals surface area contributed by atoms with E-state index in [2.05, 4.69) is 4.98 Å². The lowest BCUT2D eigenvalue weighted by Crippen LogP contribution is -2.57. The summed E-state index contributed by atoms with van der Waals surface area (Å²) in [6.07, 6.45) is 0.846. The molecule has 0 radical (unpaired) electrons. The lowest BCUT2D eigenvalue weighted by Gasteiger charge is -2.40. The van der Waals surface area contributed by atoms with E-state index in [-0.39, 0.29) is 23.4 Å². The smallest absolute Gasteiger partial charge is 0.263 e. The van der Waals surface area contributed by atoms with Crippen LogP contribution in [0, 0.1) is 0 Å². The minimum absolute atomic E-state index is 0.0233. The van der Waals surface area contributed by atoms with Gasteiger partial charge in [0.05, 0.1) is 5.39 Å². The molecule has 0 aliphatic carbocycles. The molecular weight excluding hydrogens is 394 g/mol. The maximum absolute atomic E-state index is 13.1. The summed E-state index contributed by atoms with van der Waals surface area (Å²) in [5.74, 6) is 0.334. The fourth-order valence-electron chi connectivity index (χ4n) is 4.00. The number of benzene rings is 2. The van der Waals surface area contributed by atoms with Gasteiger partial charge in [0.2, 0.25) is 0 Å². The molecule has 2 atom stereocenters. The monoisotopic (exact) mass is 419 g/mol. The van der Waals surface area contributed by atoms with Crippen molar-refractivity contribution >= 4 is 22.6 Å². The van der Waals surface area contributed by atoms with Crippen LogP contribution in [0.1, 0.15) is 24.2 Å². The van der Waals surface area contributed by atoms with Crippen LogP contribution in [0.5, 0.6) is 5.75 Å². The molecule has 0 spiro atoms. The number of rotatable bonds is 4. The van der Waals surface area contributed by atoms with E-state index in [1.54, 1.807) is 59.3 Å². The number of aromatic amines is 1. The van der Waals surface area contributed by atoms with Crippen LogP contribution in [0.2, 0.25) is 0 Å². The Bertz CT molecular complexity index is 1160. The van der Waals surface area contributed by atoms with E-state index in [0.29, 0.717) is 41.7 Å². The largest absolute Gasteiger partial charge is 0.480 e. The van der Waals surface area contributed by atoms with Crippen molar-refractivity contribution in [2.24, 2.45) is 0 Å². The van der Waals surface area contributed by atoms with Crippen LogP contribution >= 0.6 is 0 Å². The van der Waals surface area contributed by atoms with Gasteiger partial charge in [0.15, 0.2) is 6.10 Å². The zero-order chi connectivity index (χ0) is 22.0. The van der Waals surface area contributed by atoms with Gasteiger partial charge in [-0.3, -0.25) is 14.4 Å². The van der Waals surface area contributed by atoms with Crippen LogP contribution in [0.25, 0.3) is 10.8 Å². The molecule has 3 aromatic rings. The van der Waals surface area contributed by atoms with Crippen molar-refractivity contribution in [2.45, 2.75) is 26.0 Å². The highest BCUT2D eigenvalue weighted by atomic mass is 16.5. The van der Waals surface area contributed by atoms with E-state index < -0.39 is 6.10 Å². The van der Waals surface area contributed by atoms with Crippen molar-refractivity contribution < 1.29 is 14.3 Å². The molecule has 31 heavy (non-hydrogen) atoms. The van der Waals surface area contributed by atoms with Gasteiger partial charge < -0.3 is 19.5 Å². The van der Waals surface area contributed by atoms with Gasteiger partial charge in [-0.15, -0.1) is 0 Å². The molecule has 2 heterocycles. The molecule has 1 aromatic heterocycles. The molecule has 2 amide bonds. The molecule has 0 saturated carbocycles. The number of carbonyl (C=O) groups excluding carboxylic acids is 2. The number of aromatic nitrogens is 1. The second kappa shape index (κ2) is 8.63. The third kappa shape index (κ3) is 4.17. The summed E-state index contributed by atoms with van der Waals surface area (Å²) in [4.78, 5) is 44.0. The van der Waals surface area contributed by atoms with Gasteiger partial charge in [-0.25, -0.2) is 0 Å². The first-order valence-electron chi connectivity index (χ1n) is 10.4. The molecule has 7 heteroatoms. The summed E-state index contributed by atoms with van der Waals surface area (Å²) in [7, 11) is 0. The summed E-state index contributed by atoms with van der Waals surface area (Å²) in [6, 6.07) is 16.0. The first-order valence-corrected chi connectivity index (χ1v) is 10.4. The number of nitrogens with zero attached hydrogens (tertiary/aromatic N) is 2. The van der Waals surface area contributed by atoms with E-state index >= 15 is 0 Å². The molecule has 1 fully saturated rings. The number of pyridine rings is 1. The first-order chi connectivity index (χ1) is 15.0. The first kappa shape index (κ1) is 20.7. The van der Waals surface area contributed by atoms with Crippen LogP contribution in [-0.4, -0.2) is 58.4 Å². The third-order valence-electron chi connectivity index (χ3n) is 5.65. The summed E-state index contributed by atoms with van der Waals surface area (Å²) >= 11 is 0. The summed E-state index contributed by atoms with van der Waals surface area (Å²) < 4.78 is 5.97. The predicted octanol–water partition coefficient (Wildman–Crippen LogP) is 2.67. The van der Waals surface area contributed by atoms with Crippen LogP contribution in [0.15, 0.2) is 65.6 Å². The molecule has 4 rings (SSSR count). The van der Waals surface area contributed by atoms with E-state index in [1.165, 1.54) is 0 Å². The number of carbonyl (C=O) groups is 2. The van der Waals surface area contributed by atoms with Crippen LogP contribution in [-0.2, 0) is 4.79 Å². The molecule has 0 bridgehead atoms. The maximum Gasteiger partial charge on any atom is 0.263 e. The average Bonchev–Trinajstić information content (AvgIpc) is 2.79. The average molecular weight is 419 g/mol. The minimum Gasteiger partial charge on any atom is -0.480 e.